The van der Waals surface area contributed by atoms with Gasteiger partial charge in [0.1, 0.15) is 11.6 Å². The van der Waals surface area contributed by atoms with E-state index in [1.807, 2.05) is 11.0 Å². The molecule has 162 valence electrons. The molecule has 3 aromatic rings. The number of benzene rings is 1. The second kappa shape index (κ2) is 8.25. The molecule has 31 heavy (non-hydrogen) atoms. The van der Waals surface area contributed by atoms with Crippen molar-refractivity contribution in [2.24, 2.45) is 0 Å². The van der Waals surface area contributed by atoms with Gasteiger partial charge in [0.25, 0.3) is 11.8 Å². The van der Waals surface area contributed by atoms with Crippen LogP contribution in [-0.4, -0.2) is 58.5 Å². The minimum atomic E-state index is -4.88. The number of pyridine rings is 1. The quantitative estimate of drug-likeness (QED) is 0.624. The van der Waals surface area contributed by atoms with Gasteiger partial charge in [-0.3, -0.25) is 4.79 Å². The van der Waals surface area contributed by atoms with Gasteiger partial charge in [0.2, 0.25) is 5.89 Å². The summed E-state index contributed by atoms with van der Waals surface area (Å²) in [5.41, 5.74) is 0.542. The van der Waals surface area contributed by atoms with E-state index < -0.39 is 18.0 Å². The van der Waals surface area contributed by atoms with Gasteiger partial charge in [-0.15, -0.1) is 23.4 Å². The maximum Gasteiger partial charge on any atom is 0.573 e. The van der Waals surface area contributed by atoms with Crippen LogP contribution in [0.4, 0.5) is 19.0 Å². The lowest BCUT2D eigenvalue weighted by Crippen LogP contribution is -2.49. The summed E-state index contributed by atoms with van der Waals surface area (Å²) in [6.07, 6.45) is -3.23. The van der Waals surface area contributed by atoms with Crippen LogP contribution in [0.15, 0.2) is 47.0 Å². The average Bonchev–Trinajstić information content (AvgIpc) is 3.19. The zero-order valence-electron chi connectivity index (χ0n) is 16.5. The maximum absolute atomic E-state index is 12.9. The Morgan fingerprint density at radius 3 is 2.48 bits per heavy atom. The number of piperazine rings is 1. The number of halogens is 3. The number of ether oxygens (including phenoxy) is 1. The minimum Gasteiger partial charge on any atom is -0.421 e. The highest BCUT2D eigenvalue weighted by molar-refractivity contribution is 5.97. The summed E-state index contributed by atoms with van der Waals surface area (Å²) >= 11 is 0. The molecule has 0 bridgehead atoms. The predicted molar refractivity (Wildman–Crippen MR) is 104 cm³/mol. The molecule has 0 atom stereocenters. The van der Waals surface area contributed by atoms with Crippen molar-refractivity contribution in [2.75, 3.05) is 31.1 Å². The molecule has 8 nitrogen and oxygen atoms in total. The van der Waals surface area contributed by atoms with Gasteiger partial charge >= 0.3 is 6.36 Å². The number of rotatable bonds is 4. The van der Waals surface area contributed by atoms with Crippen LogP contribution >= 0.6 is 0 Å². The largest absolute Gasteiger partial charge is 0.573 e. The number of para-hydroxylation sites is 1. The third-order valence-corrected chi connectivity index (χ3v) is 4.75. The lowest BCUT2D eigenvalue weighted by Gasteiger charge is -2.36. The highest BCUT2D eigenvalue weighted by Crippen LogP contribution is 2.30. The molecule has 11 heteroatoms. The Bertz CT molecular complexity index is 1080. The van der Waals surface area contributed by atoms with Gasteiger partial charge in [0.05, 0.1) is 11.1 Å². The van der Waals surface area contributed by atoms with E-state index >= 15 is 0 Å². The fraction of sp³-hybridized carbons (Fsp3) is 0.300. The van der Waals surface area contributed by atoms with E-state index in [1.54, 1.807) is 19.2 Å². The Kier molecular flexibility index (Phi) is 5.49. The second-order valence-electron chi connectivity index (χ2n) is 6.82. The third-order valence-electron chi connectivity index (χ3n) is 4.75. The van der Waals surface area contributed by atoms with E-state index in [0.717, 1.165) is 6.07 Å². The Balaban J connectivity index is 1.49. The molecule has 3 heterocycles. The number of aromatic nitrogens is 3. The molecule has 0 radical (unpaired) electrons. The number of hydrogen-bond donors (Lipinski definition) is 0. The fourth-order valence-corrected chi connectivity index (χ4v) is 3.37. The molecule has 1 aromatic carbocycles. The van der Waals surface area contributed by atoms with Gasteiger partial charge in [0, 0.05) is 39.3 Å². The zero-order chi connectivity index (χ0) is 22.0. The number of alkyl halides is 3. The maximum atomic E-state index is 12.9. The van der Waals surface area contributed by atoms with Crippen LogP contribution in [0.5, 0.6) is 5.75 Å². The van der Waals surface area contributed by atoms with Crippen molar-refractivity contribution < 1.29 is 27.1 Å². The lowest BCUT2D eigenvalue weighted by molar-refractivity contribution is -0.274. The molecule has 0 N–H and O–H groups in total. The van der Waals surface area contributed by atoms with E-state index in [4.69, 9.17) is 4.42 Å². The highest BCUT2D eigenvalue weighted by atomic mass is 19.4. The van der Waals surface area contributed by atoms with Gasteiger partial charge in [0.15, 0.2) is 0 Å². The number of amides is 1. The molecular weight excluding hydrogens is 415 g/mol. The van der Waals surface area contributed by atoms with Crippen LogP contribution in [0, 0.1) is 6.92 Å². The number of carbonyl (C=O) groups is 1. The van der Waals surface area contributed by atoms with Crippen LogP contribution in [0.1, 0.15) is 16.2 Å². The standard InChI is InChI=1S/C20H18F3N5O3/c1-13-25-26-18(30-13)15-6-4-8-24-17(15)27-9-11-28(12-10-27)19(29)14-5-2-3-7-16(14)31-20(21,22)23/h2-8H,9-12H2,1H3. The minimum absolute atomic E-state index is 0.131. The van der Waals surface area contributed by atoms with Crippen LogP contribution < -0.4 is 9.64 Å². The van der Waals surface area contributed by atoms with Crippen LogP contribution in [0.2, 0.25) is 0 Å². The molecule has 0 unspecified atom stereocenters. The van der Waals surface area contributed by atoms with Crippen molar-refractivity contribution in [3.05, 3.63) is 54.0 Å². The molecule has 1 aliphatic rings. The Morgan fingerprint density at radius 1 is 1.06 bits per heavy atom. The molecule has 2 aromatic heterocycles. The topological polar surface area (TPSA) is 84.6 Å². The molecule has 4 rings (SSSR count). The molecule has 0 aliphatic carbocycles. The van der Waals surface area contributed by atoms with E-state index in [1.165, 1.54) is 23.1 Å². The Labute approximate surface area is 175 Å². The first kappa shape index (κ1) is 20.6. The first-order valence-electron chi connectivity index (χ1n) is 9.46. The monoisotopic (exact) mass is 433 g/mol. The number of carbonyl (C=O) groups excluding carboxylic acids is 1. The van der Waals surface area contributed by atoms with Gasteiger partial charge in [-0.1, -0.05) is 12.1 Å². The van der Waals surface area contributed by atoms with Crippen LogP contribution in [0.3, 0.4) is 0 Å². The molecule has 1 fully saturated rings. The summed E-state index contributed by atoms with van der Waals surface area (Å²) in [6.45, 7) is 3.17. The van der Waals surface area contributed by atoms with Crippen molar-refractivity contribution in [2.45, 2.75) is 13.3 Å². The summed E-state index contributed by atoms with van der Waals surface area (Å²) < 4.78 is 47.5. The van der Waals surface area contributed by atoms with Crippen molar-refractivity contribution in [3.8, 4) is 17.2 Å². The zero-order valence-corrected chi connectivity index (χ0v) is 16.5. The Morgan fingerprint density at radius 2 is 1.81 bits per heavy atom. The van der Waals surface area contributed by atoms with Crippen LogP contribution in [0.25, 0.3) is 11.5 Å². The van der Waals surface area contributed by atoms with Crippen molar-refractivity contribution in [1.29, 1.82) is 0 Å². The predicted octanol–water partition coefficient (Wildman–Crippen LogP) is 3.30. The average molecular weight is 433 g/mol. The fourth-order valence-electron chi connectivity index (χ4n) is 3.37. The SMILES string of the molecule is Cc1nnc(-c2cccnc2N2CCN(C(=O)c3ccccc3OC(F)(F)F)CC2)o1. The second-order valence-corrected chi connectivity index (χ2v) is 6.82. The molecular formula is C20H18F3N5O3. The summed E-state index contributed by atoms with van der Waals surface area (Å²) in [6, 6.07) is 8.91. The summed E-state index contributed by atoms with van der Waals surface area (Å²) in [5.74, 6) is 0.380. The van der Waals surface area contributed by atoms with Gasteiger partial charge in [-0.2, -0.15) is 0 Å². The lowest BCUT2D eigenvalue weighted by atomic mass is 10.1. The van der Waals surface area contributed by atoms with E-state index in [-0.39, 0.29) is 5.56 Å². The Hall–Kier alpha value is -3.63. The van der Waals surface area contributed by atoms with E-state index in [0.29, 0.717) is 49.3 Å². The summed E-state index contributed by atoms with van der Waals surface area (Å²) in [4.78, 5) is 20.7. The van der Waals surface area contributed by atoms with Gasteiger partial charge < -0.3 is 19.0 Å². The first-order chi connectivity index (χ1) is 14.8. The van der Waals surface area contributed by atoms with E-state index in [2.05, 4.69) is 19.9 Å². The number of nitrogens with zero attached hydrogens (tertiary/aromatic N) is 5. The van der Waals surface area contributed by atoms with E-state index in [9.17, 15) is 18.0 Å². The third kappa shape index (κ3) is 4.60. The molecule has 1 saturated heterocycles. The normalized spacial score (nSPS) is 14.6. The molecule has 1 amide bonds. The van der Waals surface area contributed by atoms with Gasteiger partial charge in [-0.25, -0.2) is 4.98 Å². The molecule has 0 saturated carbocycles. The van der Waals surface area contributed by atoms with Gasteiger partial charge in [-0.05, 0) is 24.3 Å². The number of hydrogen-bond acceptors (Lipinski definition) is 7. The van der Waals surface area contributed by atoms with Crippen molar-refractivity contribution in [1.82, 2.24) is 20.1 Å². The number of anilines is 1. The van der Waals surface area contributed by atoms with Crippen molar-refractivity contribution in [3.63, 3.8) is 0 Å². The molecule has 0 spiro atoms. The smallest absolute Gasteiger partial charge is 0.421 e. The number of aryl methyl sites for hydroxylation is 1. The highest BCUT2D eigenvalue weighted by Gasteiger charge is 2.34. The van der Waals surface area contributed by atoms with Crippen molar-refractivity contribution >= 4 is 11.7 Å². The first-order valence-corrected chi connectivity index (χ1v) is 9.46. The molecule has 1 aliphatic heterocycles. The van der Waals surface area contributed by atoms with Crippen LogP contribution in [-0.2, 0) is 0 Å². The summed E-state index contributed by atoms with van der Waals surface area (Å²) in [5, 5.41) is 7.88. The summed E-state index contributed by atoms with van der Waals surface area (Å²) in [7, 11) is 0.